The molecular weight excluding hydrogens is 260 g/mol. The van der Waals surface area contributed by atoms with Crippen LogP contribution in [0.3, 0.4) is 0 Å². The highest BCUT2D eigenvalue weighted by Gasteiger charge is 2.24. The summed E-state index contributed by atoms with van der Waals surface area (Å²) in [5.41, 5.74) is 2.97. The molecule has 21 heavy (non-hydrogen) atoms. The summed E-state index contributed by atoms with van der Waals surface area (Å²) < 4.78 is 0. The molecule has 1 aliphatic rings. The van der Waals surface area contributed by atoms with E-state index < -0.39 is 0 Å². The predicted molar refractivity (Wildman–Crippen MR) is 85.6 cm³/mol. The molecule has 0 atom stereocenters. The van der Waals surface area contributed by atoms with Gasteiger partial charge in [0.25, 0.3) is 0 Å². The summed E-state index contributed by atoms with van der Waals surface area (Å²) in [4.78, 5) is 14.2. The minimum atomic E-state index is -0.0787. The van der Waals surface area contributed by atoms with Crippen molar-refractivity contribution in [2.75, 3.05) is 10.2 Å². The van der Waals surface area contributed by atoms with Gasteiger partial charge in [-0.3, -0.25) is 4.90 Å². The van der Waals surface area contributed by atoms with Crippen molar-refractivity contribution in [3.8, 4) is 0 Å². The molecule has 4 rings (SSSR count). The average Bonchev–Trinajstić information content (AvgIpc) is 2.52. The van der Waals surface area contributed by atoms with Gasteiger partial charge in [0.2, 0.25) is 0 Å². The van der Waals surface area contributed by atoms with Gasteiger partial charge in [0.15, 0.2) is 0 Å². The maximum atomic E-state index is 12.4. The van der Waals surface area contributed by atoms with Gasteiger partial charge in [-0.05, 0) is 23.1 Å². The SMILES string of the molecule is O=C1Nc2cccc3cccc(c23)N1Cc1ccccc1. The van der Waals surface area contributed by atoms with Crippen molar-refractivity contribution in [1.82, 2.24) is 0 Å². The van der Waals surface area contributed by atoms with E-state index in [9.17, 15) is 4.79 Å². The number of carbonyl (C=O) groups is 1. The van der Waals surface area contributed by atoms with E-state index in [2.05, 4.69) is 17.4 Å². The first kappa shape index (κ1) is 12.0. The maximum absolute atomic E-state index is 12.4. The van der Waals surface area contributed by atoms with E-state index in [0.29, 0.717) is 6.54 Å². The summed E-state index contributed by atoms with van der Waals surface area (Å²) >= 11 is 0. The molecule has 2 amide bonds. The van der Waals surface area contributed by atoms with Crippen LogP contribution in [-0.4, -0.2) is 6.03 Å². The van der Waals surface area contributed by atoms with Crippen molar-refractivity contribution in [2.24, 2.45) is 0 Å². The summed E-state index contributed by atoms with van der Waals surface area (Å²) in [6.45, 7) is 0.570. The first-order chi connectivity index (χ1) is 10.3. The van der Waals surface area contributed by atoms with Crippen LogP contribution in [0.2, 0.25) is 0 Å². The van der Waals surface area contributed by atoms with Crippen molar-refractivity contribution < 1.29 is 4.79 Å². The Kier molecular flexibility index (Phi) is 2.64. The standard InChI is InChI=1S/C18H14N2O/c21-18-19-15-10-4-8-14-9-5-11-16(17(14)15)20(18)12-13-6-2-1-3-7-13/h1-11H,12H2,(H,19,21). The number of amides is 2. The van der Waals surface area contributed by atoms with Crippen molar-refractivity contribution >= 4 is 28.2 Å². The largest absolute Gasteiger partial charge is 0.326 e. The van der Waals surface area contributed by atoms with E-state index in [1.807, 2.05) is 54.6 Å². The number of benzene rings is 3. The van der Waals surface area contributed by atoms with Gasteiger partial charge in [0, 0.05) is 5.39 Å². The molecule has 3 heteroatoms. The summed E-state index contributed by atoms with van der Waals surface area (Å²) in [5, 5.41) is 5.23. The molecule has 0 unspecified atom stereocenters. The van der Waals surface area contributed by atoms with Gasteiger partial charge in [0.1, 0.15) is 0 Å². The molecule has 0 aliphatic carbocycles. The molecule has 0 radical (unpaired) electrons. The highest BCUT2D eigenvalue weighted by atomic mass is 16.2. The van der Waals surface area contributed by atoms with E-state index in [4.69, 9.17) is 0 Å². The first-order valence-electron chi connectivity index (χ1n) is 6.97. The van der Waals surface area contributed by atoms with Gasteiger partial charge in [0.05, 0.1) is 17.9 Å². The maximum Gasteiger partial charge on any atom is 0.326 e. The van der Waals surface area contributed by atoms with Crippen molar-refractivity contribution in [1.29, 1.82) is 0 Å². The van der Waals surface area contributed by atoms with Gasteiger partial charge >= 0.3 is 6.03 Å². The number of nitrogens with one attached hydrogen (secondary N) is 1. The number of anilines is 2. The third-order valence-corrected chi connectivity index (χ3v) is 3.84. The Morgan fingerprint density at radius 1 is 0.857 bits per heavy atom. The second-order valence-corrected chi connectivity index (χ2v) is 5.18. The second-order valence-electron chi connectivity index (χ2n) is 5.18. The Morgan fingerprint density at radius 2 is 1.62 bits per heavy atom. The fourth-order valence-corrected chi connectivity index (χ4v) is 2.87. The van der Waals surface area contributed by atoms with E-state index >= 15 is 0 Å². The zero-order valence-corrected chi connectivity index (χ0v) is 11.4. The molecular formula is C18H14N2O. The van der Waals surface area contributed by atoms with Crippen LogP contribution in [0.4, 0.5) is 16.2 Å². The first-order valence-corrected chi connectivity index (χ1v) is 6.97. The smallest absolute Gasteiger partial charge is 0.307 e. The summed E-state index contributed by atoms with van der Waals surface area (Å²) in [6, 6.07) is 22.0. The Hall–Kier alpha value is -2.81. The van der Waals surface area contributed by atoms with Crippen LogP contribution in [-0.2, 0) is 6.54 Å². The van der Waals surface area contributed by atoms with Crippen LogP contribution >= 0.6 is 0 Å². The number of nitrogens with zero attached hydrogens (tertiary/aromatic N) is 1. The van der Waals surface area contributed by atoms with Crippen LogP contribution in [0.15, 0.2) is 66.7 Å². The number of rotatable bonds is 2. The molecule has 0 spiro atoms. The summed E-state index contributed by atoms with van der Waals surface area (Å²) in [6.07, 6.45) is 0. The monoisotopic (exact) mass is 274 g/mol. The quantitative estimate of drug-likeness (QED) is 0.738. The molecule has 0 saturated carbocycles. The predicted octanol–water partition coefficient (Wildman–Crippen LogP) is 4.39. The molecule has 1 heterocycles. The van der Waals surface area contributed by atoms with E-state index in [-0.39, 0.29) is 6.03 Å². The van der Waals surface area contributed by atoms with Crippen LogP contribution in [0.25, 0.3) is 10.8 Å². The fourth-order valence-electron chi connectivity index (χ4n) is 2.87. The van der Waals surface area contributed by atoms with Gasteiger partial charge in [-0.1, -0.05) is 54.6 Å². The van der Waals surface area contributed by atoms with E-state index in [1.54, 1.807) is 4.90 Å². The average molecular weight is 274 g/mol. The van der Waals surface area contributed by atoms with Crippen LogP contribution in [0.1, 0.15) is 5.56 Å². The lowest BCUT2D eigenvalue weighted by Gasteiger charge is -2.30. The van der Waals surface area contributed by atoms with Crippen LogP contribution in [0.5, 0.6) is 0 Å². The van der Waals surface area contributed by atoms with Crippen molar-refractivity contribution in [3.05, 3.63) is 72.3 Å². The lowest BCUT2D eigenvalue weighted by atomic mass is 10.0. The van der Waals surface area contributed by atoms with Gasteiger partial charge in [-0.15, -0.1) is 0 Å². The van der Waals surface area contributed by atoms with E-state index in [1.165, 1.54) is 0 Å². The number of urea groups is 1. The van der Waals surface area contributed by atoms with Crippen LogP contribution in [0, 0.1) is 0 Å². The third-order valence-electron chi connectivity index (χ3n) is 3.84. The Labute approximate surface area is 122 Å². The van der Waals surface area contributed by atoms with Crippen molar-refractivity contribution in [2.45, 2.75) is 6.54 Å². The zero-order valence-electron chi connectivity index (χ0n) is 11.4. The Morgan fingerprint density at radius 3 is 2.43 bits per heavy atom. The molecule has 3 aromatic carbocycles. The zero-order chi connectivity index (χ0) is 14.2. The lowest BCUT2D eigenvalue weighted by Crippen LogP contribution is -2.37. The minimum Gasteiger partial charge on any atom is -0.307 e. The summed E-state index contributed by atoms with van der Waals surface area (Å²) in [7, 11) is 0. The second kappa shape index (κ2) is 4.63. The number of hydrogen-bond acceptors (Lipinski definition) is 1. The molecule has 0 saturated heterocycles. The molecule has 102 valence electrons. The van der Waals surface area contributed by atoms with E-state index in [0.717, 1.165) is 27.7 Å². The molecule has 1 N–H and O–H groups in total. The molecule has 0 aromatic heterocycles. The van der Waals surface area contributed by atoms with Gasteiger partial charge in [-0.25, -0.2) is 4.79 Å². The molecule has 0 fully saturated rings. The normalized spacial score (nSPS) is 13.3. The van der Waals surface area contributed by atoms with Gasteiger partial charge < -0.3 is 5.32 Å². The van der Waals surface area contributed by atoms with Crippen molar-refractivity contribution in [3.63, 3.8) is 0 Å². The van der Waals surface area contributed by atoms with Crippen LogP contribution < -0.4 is 10.2 Å². The minimum absolute atomic E-state index is 0.0787. The highest BCUT2D eigenvalue weighted by Crippen LogP contribution is 2.37. The molecule has 0 bridgehead atoms. The number of carbonyl (C=O) groups excluding carboxylic acids is 1. The van der Waals surface area contributed by atoms with Gasteiger partial charge in [-0.2, -0.15) is 0 Å². The number of hydrogen-bond donors (Lipinski definition) is 1. The summed E-state index contributed by atoms with van der Waals surface area (Å²) in [5.74, 6) is 0. The molecule has 3 aromatic rings. The lowest BCUT2D eigenvalue weighted by molar-refractivity contribution is 0.256. The Bertz CT molecular complexity index is 822. The topological polar surface area (TPSA) is 32.3 Å². The Balaban J connectivity index is 1.86. The molecule has 1 aliphatic heterocycles. The highest BCUT2D eigenvalue weighted by molar-refractivity contribution is 6.18. The third kappa shape index (κ3) is 1.94. The molecule has 3 nitrogen and oxygen atoms in total. The fraction of sp³-hybridized carbons (Fsp3) is 0.0556.